The van der Waals surface area contributed by atoms with Gasteiger partial charge in [-0.3, -0.25) is 9.69 Å². The van der Waals surface area contributed by atoms with Crippen LogP contribution in [0.2, 0.25) is 0 Å². The molecule has 0 aliphatic carbocycles. The maximum Gasteiger partial charge on any atom is 0.319 e. The molecule has 3 rings (SSSR count). The fraction of sp³-hybridized carbons (Fsp3) is 0.652. The van der Waals surface area contributed by atoms with E-state index in [-0.39, 0.29) is 18.0 Å². The Balaban J connectivity index is 1.59. The summed E-state index contributed by atoms with van der Waals surface area (Å²) in [4.78, 5) is 28.2. The van der Waals surface area contributed by atoms with Gasteiger partial charge < -0.3 is 20.4 Å². The summed E-state index contributed by atoms with van der Waals surface area (Å²) in [6.07, 6.45) is 7.65. The summed E-state index contributed by atoms with van der Waals surface area (Å²) in [6.45, 7) is 4.55. The first kappa shape index (κ1) is 23.8. The standard InChI is InChI=1S/C23H35N7O2/c1-4-5-14-32-23-27-19-16(17(15-24)26-20(19)21(25)28-23)10-7-6-8-12-30-13-9-11-18(30)22(31)29(2)3/h18,26H,4-14H2,1-3H3,(H2,25,27,28). The quantitative estimate of drug-likeness (QED) is 0.514. The zero-order valence-electron chi connectivity index (χ0n) is 19.5. The van der Waals surface area contributed by atoms with E-state index in [0.717, 1.165) is 70.0 Å². The van der Waals surface area contributed by atoms with Crippen molar-refractivity contribution in [3.05, 3.63) is 11.3 Å². The van der Waals surface area contributed by atoms with Crippen LogP contribution in [0.4, 0.5) is 5.82 Å². The highest BCUT2D eigenvalue weighted by molar-refractivity contribution is 5.89. The first-order chi connectivity index (χ1) is 15.5. The fourth-order valence-electron chi connectivity index (χ4n) is 4.29. The van der Waals surface area contributed by atoms with Crippen LogP contribution < -0.4 is 10.5 Å². The molecule has 0 saturated carbocycles. The number of nitrogens with one attached hydrogen (secondary N) is 1. The van der Waals surface area contributed by atoms with Gasteiger partial charge in [-0.2, -0.15) is 15.2 Å². The van der Waals surface area contributed by atoms with Gasteiger partial charge in [0, 0.05) is 19.7 Å². The van der Waals surface area contributed by atoms with Crippen LogP contribution in [-0.2, 0) is 11.2 Å². The van der Waals surface area contributed by atoms with E-state index in [0.29, 0.717) is 29.2 Å². The third-order valence-electron chi connectivity index (χ3n) is 6.06. The molecule has 1 fully saturated rings. The molecule has 2 aromatic rings. The van der Waals surface area contributed by atoms with E-state index in [2.05, 4.69) is 32.8 Å². The molecule has 9 nitrogen and oxygen atoms in total. The summed E-state index contributed by atoms with van der Waals surface area (Å²) in [5.74, 6) is 0.504. The smallest absolute Gasteiger partial charge is 0.319 e. The molecule has 1 amide bonds. The van der Waals surface area contributed by atoms with Gasteiger partial charge in [0.2, 0.25) is 5.91 Å². The summed E-state index contributed by atoms with van der Waals surface area (Å²) < 4.78 is 5.64. The van der Waals surface area contributed by atoms with Crippen molar-refractivity contribution in [2.24, 2.45) is 0 Å². The number of aromatic amines is 1. The Kier molecular flexibility index (Phi) is 8.28. The number of aryl methyl sites for hydroxylation is 1. The van der Waals surface area contributed by atoms with Crippen molar-refractivity contribution < 1.29 is 9.53 Å². The molecule has 1 atom stereocenters. The van der Waals surface area contributed by atoms with Crippen molar-refractivity contribution in [2.75, 3.05) is 39.5 Å². The number of carbonyl (C=O) groups is 1. The van der Waals surface area contributed by atoms with Crippen molar-refractivity contribution >= 4 is 22.8 Å². The monoisotopic (exact) mass is 441 g/mol. The molecular formula is C23H35N7O2. The normalized spacial score (nSPS) is 16.4. The van der Waals surface area contributed by atoms with Crippen molar-refractivity contribution in [2.45, 2.75) is 64.3 Å². The Labute approximate surface area is 189 Å². The number of H-pyrrole nitrogens is 1. The van der Waals surface area contributed by atoms with Crippen LogP contribution in [0, 0.1) is 11.3 Å². The first-order valence-electron chi connectivity index (χ1n) is 11.6. The number of likely N-dealkylation sites (tertiary alicyclic amines) is 1. The highest BCUT2D eigenvalue weighted by atomic mass is 16.5. The minimum absolute atomic E-state index is 0.0228. The van der Waals surface area contributed by atoms with Crippen LogP contribution in [0.15, 0.2) is 0 Å². The SMILES string of the molecule is CCCCOc1nc(N)c2[nH]c(C#N)c(CCCCCN3CCCC3C(=O)N(C)C)c2n1. The number of nitrogen functional groups attached to an aromatic ring is 1. The summed E-state index contributed by atoms with van der Waals surface area (Å²) in [6, 6.07) is 2.51. The molecule has 0 aromatic carbocycles. The summed E-state index contributed by atoms with van der Waals surface area (Å²) in [5, 5.41) is 9.58. The summed E-state index contributed by atoms with van der Waals surface area (Å²) in [7, 11) is 3.65. The van der Waals surface area contributed by atoms with Crippen LogP contribution in [0.3, 0.4) is 0 Å². The molecule has 3 heterocycles. The number of nitrogens with two attached hydrogens (primary N) is 1. The van der Waals surface area contributed by atoms with Crippen molar-refractivity contribution in [1.29, 1.82) is 5.26 Å². The Hall–Kier alpha value is -2.86. The molecule has 1 aliphatic heterocycles. The minimum Gasteiger partial charge on any atom is -0.463 e. The summed E-state index contributed by atoms with van der Waals surface area (Å²) >= 11 is 0. The molecular weight excluding hydrogens is 406 g/mol. The molecule has 32 heavy (non-hydrogen) atoms. The van der Waals surface area contributed by atoms with E-state index >= 15 is 0 Å². The second kappa shape index (κ2) is 11.1. The van der Waals surface area contributed by atoms with Crippen molar-refractivity contribution in [3.63, 3.8) is 0 Å². The lowest BCUT2D eigenvalue weighted by molar-refractivity contribution is -0.133. The predicted molar refractivity (Wildman–Crippen MR) is 124 cm³/mol. The number of likely N-dealkylation sites (N-methyl/N-ethyl adjacent to an activating group) is 1. The van der Waals surface area contributed by atoms with E-state index in [1.807, 2.05) is 14.1 Å². The number of anilines is 1. The Bertz CT molecular complexity index is 963. The van der Waals surface area contributed by atoms with Gasteiger partial charge in [-0.25, -0.2) is 0 Å². The van der Waals surface area contributed by atoms with Gasteiger partial charge in [-0.05, 0) is 51.6 Å². The van der Waals surface area contributed by atoms with Gasteiger partial charge in [0.05, 0.1) is 12.6 Å². The Morgan fingerprint density at radius 1 is 1.31 bits per heavy atom. The first-order valence-corrected chi connectivity index (χ1v) is 11.6. The maximum atomic E-state index is 12.4. The number of fused-ring (bicyclic) bond motifs is 1. The number of amides is 1. The number of nitrogens with zero attached hydrogens (tertiary/aromatic N) is 5. The van der Waals surface area contributed by atoms with Crippen molar-refractivity contribution in [3.8, 4) is 12.1 Å². The molecule has 174 valence electrons. The number of rotatable bonds is 11. The molecule has 2 aromatic heterocycles. The van der Waals surface area contributed by atoms with Gasteiger partial charge in [0.25, 0.3) is 0 Å². The van der Waals surface area contributed by atoms with Gasteiger partial charge in [0.1, 0.15) is 22.8 Å². The van der Waals surface area contributed by atoms with E-state index in [1.165, 1.54) is 0 Å². The number of aromatic nitrogens is 3. The van der Waals surface area contributed by atoms with Crippen LogP contribution in [0.1, 0.15) is 63.1 Å². The number of nitriles is 1. The maximum absolute atomic E-state index is 12.4. The van der Waals surface area contributed by atoms with E-state index in [9.17, 15) is 10.1 Å². The van der Waals surface area contributed by atoms with Gasteiger partial charge in [-0.1, -0.05) is 19.8 Å². The molecule has 3 N–H and O–H groups in total. The van der Waals surface area contributed by atoms with Crippen LogP contribution in [0.5, 0.6) is 6.01 Å². The predicted octanol–water partition coefficient (Wildman–Crippen LogP) is 2.86. The average molecular weight is 442 g/mol. The Morgan fingerprint density at radius 2 is 2.12 bits per heavy atom. The number of hydrogen-bond acceptors (Lipinski definition) is 7. The van der Waals surface area contributed by atoms with Crippen LogP contribution in [0.25, 0.3) is 11.0 Å². The number of carbonyl (C=O) groups excluding carboxylic acids is 1. The van der Waals surface area contributed by atoms with Crippen LogP contribution in [-0.4, -0.2) is 70.5 Å². The zero-order chi connectivity index (χ0) is 23.1. The molecule has 1 unspecified atom stereocenters. The summed E-state index contributed by atoms with van der Waals surface area (Å²) in [5.41, 5.74) is 8.73. The third kappa shape index (κ3) is 5.49. The van der Waals surface area contributed by atoms with E-state index < -0.39 is 0 Å². The molecule has 0 bridgehead atoms. The second-order valence-electron chi connectivity index (χ2n) is 8.64. The lowest BCUT2D eigenvalue weighted by Crippen LogP contribution is -2.42. The van der Waals surface area contributed by atoms with E-state index in [1.54, 1.807) is 4.90 Å². The number of hydrogen-bond donors (Lipinski definition) is 2. The van der Waals surface area contributed by atoms with Crippen molar-refractivity contribution in [1.82, 2.24) is 24.8 Å². The molecule has 9 heteroatoms. The number of unbranched alkanes of at least 4 members (excludes halogenated alkanes) is 3. The number of ether oxygens (including phenoxy) is 1. The lowest BCUT2D eigenvalue weighted by atomic mass is 10.1. The molecule has 1 aliphatic rings. The fourth-order valence-corrected chi connectivity index (χ4v) is 4.29. The van der Waals surface area contributed by atoms with Gasteiger partial charge in [0.15, 0.2) is 5.82 Å². The topological polar surface area (TPSA) is 124 Å². The molecule has 1 saturated heterocycles. The highest BCUT2D eigenvalue weighted by Gasteiger charge is 2.31. The average Bonchev–Trinajstić information content (AvgIpc) is 3.38. The van der Waals surface area contributed by atoms with Crippen LogP contribution >= 0.6 is 0 Å². The largest absolute Gasteiger partial charge is 0.463 e. The second-order valence-corrected chi connectivity index (χ2v) is 8.64. The minimum atomic E-state index is 0.0228. The highest BCUT2D eigenvalue weighted by Crippen LogP contribution is 2.28. The lowest BCUT2D eigenvalue weighted by Gasteiger charge is -2.25. The zero-order valence-corrected chi connectivity index (χ0v) is 19.5. The van der Waals surface area contributed by atoms with E-state index in [4.69, 9.17) is 10.5 Å². The third-order valence-corrected chi connectivity index (χ3v) is 6.06. The Morgan fingerprint density at radius 3 is 2.84 bits per heavy atom. The molecule has 0 spiro atoms. The molecule has 0 radical (unpaired) electrons. The van der Waals surface area contributed by atoms with Gasteiger partial charge >= 0.3 is 6.01 Å². The van der Waals surface area contributed by atoms with Gasteiger partial charge in [-0.15, -0.1) is 0 Å².